The lowest BCUT2D eigenvalue weighted by atomic mass is 9.94. The summed E-state index contributed by atoms with van der Waals surface area (Å²) in [7, 11) is -3.90. The highest BCUT2D eigenvalue weighted by molar-refractivity contribution is 7.89. The van der Waals surface area contributed by atoms with Gasteiger partial charge in [0, 0.05) is 0 Å². The van der Waals surface area contributed by atoms with Gasteiger partial charge in [-0.25, -0.2) is 13.1 Å². The van der Waals surface area contributed by atoms with Crippen molar-refractivity contribution in [2.75, 3.05) is 0 Å². The number of aryl methyl sites for hydroxylation is 1. The van der Waals surface area contributed by atoms with Crippen molar-refractivity contribution in [3.8, 4) is 11.5 Å². The van der Waals surface area contributed by atoms with E-state index in [4.69, 9.17) is 15.2 Å². The molecule has 0 aliphatic carbocycles. The number of rotatable bonds is 12. The average molecular weight is 579 g/mol. The molecule has 42 heavy (non-hydrogen) atoms. The Morgan fingerprint density at radius 1 is 0.643 bits per heavy atom. The Morgan fingerprint density at radius 3 is 1.69 bits per heavy atom. The van der Waals surface area contributed by atoms with E-state index in [1.54, 1.807) is 24.3 Å². The monoisotopic (exact) mass is 578 g/mol. The van der Waals surface area contributed by atoms with Crippen molar-refractivity contribution in [3.63, 3.8) is 0 Å². The van der Waals surface area contributed by atoms with Gasteiger partial charge in [0.1, 0.15) is 24.7 Å². The standard InChI is InChI=1S/C35H34N2O4S/c1-26-18-20-33(21-19-26)42(38,39)37-35(30-15-9-17-32(23-30)41-25-28-12-6-3-7-13-28)34(36)29-14-8-16-31(22-29)40-24-27-10-4-2-5-11-27/h2-23,34-35,37H,24-25,36H2,1H3/t34-,35-/m1/s1. The molecule has 7 heteroatoms. The van der Waals surface area contributed by atoms with Crippen molar-refractivity contribution < 1.29 is 17.9 Å². The van der Waals surface area contributed by atoms with Gasteiger partial charge in [0.15, 0.2) is 0 Å². The van der Waals surface area contributed by atoms with Crippen LogP contribution < -0.4 is 19.9 Å². The smallest absolute Gasteiger partial charge is 0.241 e. The molecular formula is C35H34N2O4S. The summed E-state index contributed by atoms with van der Waals surface area (Å²) < 4.78 is 42.1. The molecule has 0 aliphatic heterocycles. The molecule has 5 aromatic rings. The molecule has 0 bridgehead atoms. The van der Waals surface area contributed by atoms with E-state index in [2.05, 4.69) is 4.72 Å². The predicted molar refractivity (Wildman–Crippen MR) is 166 cm³/mol. The number of sulfonamides is 1. The summed E-state index contributed by atoms with van der Waals surface area (Å²) in [5, 5.41) is 0. The molecule has 5 rings (SSSR count). The van der Waals surface area contributed by atoms with Gasteiger partial charge in [-0.3, -0.25) is 0 Å². The van der Waals surface area contributed by atoms with E-state index in [0.717, 1.165) is 22.3 Å². The lowest BCUT2D eigenvalue weighted by molar-refractivity contribution is 0.304. The normalized spacial score (nSPS) is 12.8. The van der Waals surface area contributed by atoms with Crippen LogP contribution in [0.4, 0.5) is 0 Å². The summed E-state index contributed by atoms with van der Waals surface area (Å²) >= 11 is 0. The summed E-state index contributed by atoms with van der Waals surface area (Å²) in [5.41, 5.74) is 11.3. The highest BCUT2D eigenvalue weighted by atomic mass is 32.2. The van der Waals surface area contributed by atoms with E-state index in [-0.39, 0.29) is 4.90 Å². The third-order valence-electron chi connectivity index (χ3n) is 6.93. The molecule has 0 saturated heterocycles. The second-order valence-corrected chi connectivity index (χ2v) is 11.8. The third kappa shape index (κ3) is 7.64. The molecule has 3 N–H and O–H groups in total. The molecular weight excluding hydrogens is 544 g/mol. The zero-order valence-corrected chi connectivity index (χ0v) is 24.2. The van der Waals surface area contributed by atoms with Gasteiger partial charge >= 0.3 is 0 Å². The molecule has 0 spiro atoms. The first-order valence-corrected chi connectivity index (χ1v) is 15.2. The Hall–Kier alpha value is -4.43. The van der Waals surface area contributed by atoms with Crippen LogP contribution in [-0.2, 0) is 23.2 Å². The lowest BCUT2D eigenvalue weighted by Gasteiger charge is -2.26. The zero-order chi connectivity index (χ0) is 29.4. The van der Waals surface area contributed by atoms with E-state index in [1.807, 2.05) is 116 Å². The number of nitrogens with two attached hydrogens (primary N) is 1. The highest BCUT2D eigenvalue weighted by Gasteiger charge is 2.28. The van der Waals surface area contributed by atoms with E-state index < -0.39 is 22.1 Å². The molecule has 0 fully saturated rings. The van der Waals surface area contributed by atoms with Gasteiger partial charge in [-0.1, -0.05) is 103 Å². The first-order valence-electron chi connectivity index (χ1n) is 13.8. The summed E-state index contributed by atoms with van der Waals surface area (Å²) in [4.78, 5) is 0.168. The molecule has 0 radical (unpaired) electrons. The first kappa shape index (κ1) is 29.1. The van der Waals surface area contributed by atoms with Crippen molar-refractivity contribution >= 4 is 10.0 Å². The Balaban J connectivity index is 1.43. The van der Waals surface area contributed by atoms with Gasteiger partial charge < -0.3 is 15.2 Å². The van der Waals surface area contributed by atoms with Gasteiger partial charge in [0.05, 0.1) is 17.0 Å². The lowest BCUT2D eigenvalue weighted by Crippen LogP contribution is -2.36. The topological polar surface area (TPSA) is 90.7 Å². The Labute approximate surface area is 247 Å². The van der Waals surface area contributed by atoms with Crippen LogP contribution >= 0.6 is 0 Å². The highest BCUT2D eigenvalue weighted by Crippen LogP contribution is 2.32. The molecule has 0 unspecified atom stereocenters. The second-order valence-electron chi connectivity index (χ2n) is 10.1. The van der Waals surface area contributed by atoms with Gasteiger partial charge in [-0.15, -0.1) is 0 Å². The average Bonchev–Trinajstić information content (AvgIpc) is 3.03. The third-order valence-corrected chi connectivity index (χ3v) is 8.39. The van der Waals surface area contributed by atoms with Crippen LogP contribution in [-0.4, -0.2) is 8.42 Å². The molecule has 2 atom stereocenters. The zero-order valence-electron chi connectivity index (χ0n) is 23.4. The Bertz CT molecular complexity index is 1690. The fourth-order valence-corrected chi connectivity index (χ4v) is 5.83. The summed E-state index contributed by atoms with van der Waals surface area (Å²) in [6.07, 6.45) is 0. The van der Waals surface area contributed by atoms with Gasteiger partial charge in [-0.05, 0) is 65.6 Å². The largest absolute Gasteiger partial charge is 0.489 e. The number of hydrogen-bond acceptors (Lipinski definition) is 5. The van der Waals surface area contributed by atoms with E-state index in [0.29, 0.717) is 30.3 Å². The summed E-state index contributed by atoms with van der Waals surface area (Å²) in [6.45, 7) is 2.71. The fraction of sp³-hybridized carbons (Fsp3) is 0.143. The van der Waals surface area contributed by atoms with Gasteiger partial charge in [0.2, 0.25) is 10.0 Å². The second kappa shape index (κ2) is 13.5. The van der Waals surface area contributed by atoms with Crippen LogP contribution in [0.3, 0.4) is 0 Å². The minimum atomic E-state index is -3.90. The molecule has 0 heterocycles. The number of benzene rings is 5. The molecule has 214 valence electrons. The van der Waals surface area contributed by atoms with Crippen molar-refractivity contribution in [3.05, 3.63) is 161 Å². The predicted octanol–water partition coefficient (Wildman–Crippen LogP) is 6.87. The number of hydrogen-bond donors (Lipinski definition) is 2. The Morgan fingerprint density at radius 2 is 1.14 bits per heavy atom. The number of nitrogens with one attached hydrogen (secondary N) is 1. The first-order chi connectivity index (χ1) is 20.4. The van der Waals surface area contributed by atoms with Crippen molar-refractivity contribution in [1.82, 2.24) is 4.72 Å². The minimum absolute atomic E-state index is 0.168. The van der Waals surface area contributed by atoms with Crippen LogP contribution in [0.2, 0.25) is 0 Å². The van der Waals surface area contributed by atoms with E-state index in [1.165, 1.54) is 0 Å². The molecule has 0 amide bonds. The van der Waals surface area contributed by atoms with E-state index >= 15 is 0 Å². The van der Waals surface area contributed by atoms with Crippen molar-refractivity contribution in [2.45, 2.75) is 37.1 Å². The van der Waals surface area contributed by atoms with Crippen LogP contribution in [0.1, 0.15) is 39.9 Å². The van der Waals surface area contributed by atoms with Crippen LogP contribution in [0.15, 0.2) is 138 Å². The van der Waals surface area contributed by atoms with Crippen LogP contribution in [0.25, 0.3) is 0 Å². The van der Waals surface area contributed by atoms with E-state index in [9.17, 15) is 8.42 Å². The molecule has 0 aromatic heterocycles. The Kier molecular flexibility index (Phi) is 9.34. The summed E-state index contributed by atoms with van der Waals surface area (Å²) in [6, 6.07) is 39.8. The maximum atomic E-state index is 13.6. The fourth-order valence-electron chi connectivity index (χ4n) is 4.59. The van der Waals surface area contributed by atoms with Crippen LogP contribution in [0, 0.1) is 6.92 Å². The molecule has 0 aliphatic rings. The molecule has 5 aromatic carbocycles. The summed E-state index contributed by atoms with van der Waals surface area (Å²) in [5.74, 6) is 1.26. The van der Waals surface area contributed by atoms with Gasteiger partial charge in [0.25, 0.3) is 0 Å². The van der Waals surface area contributed by atoms with Crippen molar-refractivity contribution in [2.24, 2.45) is 5.73 Å². The maximum Gasteiger partial charge on any atom is 0.241 e. The van der Waals surface area contributed by atoms with Crippen molar-refractivity contribution in [1.29, 1.82) is 0 Å². The molecule has 0 saturated carbocycles. The van der Waals surface area contributed by atoms with Crippen LogP contribution in [0.5, 0.6) is 11.5 Å². The maximum absolute atomic E-state index is 13.6. The quantitative estimate of drug-likeness (QED) is 0.169. The van der Waals surface area contributed by atoms with Gasteiger partial charge in [-0.2, -0.15) is 0 Å². The SMILES string of the molecule is Cc1ccc(S(=O)(=O)N[C@H](c2cccc(OCc3ccccc3)c2)[C@H](N)c2cccc(OCc3ccccc3)c2)cc1. The minimum Gasteiger partial charge on any atom is -0.489 e. The number of ether oxygens (including phenoxy) is 2. The molecule has 6 nitrogen and oxygen atoms in total.